The number of rotatable bonds is 4. The molecule has 0 aliphatic carbocycles. The van der Waals surface area contributed by atoms with E-state index in [0.717, 1.165) is 4.47 Å². The van der Waals surface area contributed by atoms with Gasteiger partial charge in [-0.2, -0.15) is 13.2 Å². The van der Waals surface area contributed by atoms with Crippen LogP contribution < -0.4 is 5.32 Å². The van der Waals surface area contributed by atoms with Crippen molar-refractivity contribution in [1.82, 2.24) is 10.2 Å². The number of likely N-dealkylation sites (tertiary alicyclic amines) is 1. The van der Waals surface area contributed by atoms with Gasteiger partial charge in [-0.05, 0) is 46.3 Å². The van der Waals surface area contributed by atoms with Crippen molar-refractivity contribution in [2.45, 2.75) is 12.6 Å². The molecule has 0 saturated carbocycles. The number of hydrogen-bond acceptors (Lipinski definition) is 3. The summed E-state index contributed by atoms with van der Waals surface area (Å²) in [6.07, 6.45) is -3.47. The first kappa shape index (κ1) is 15.8. The van der Waals surface area contributed by atoms with Gasteiger partial charge >= 0.3 is 6.18 Å². The van der Waals surface area contributed by atoms with Crippen LogP contribution in [0.4, 0.5) is 13.2 Å². The van der Waals surface area contributed by atoms with Crippen LogP contribution in [0.3, 0.4) is 0 Å². The largest absolute Gasteiger partial charge is 0.401 e. The third-order valence-electron chi connectivity index (χ3n) is 3.15. The van der Waals surface area contributed by atoms with Gasteiger partial charge in [0.1, 0.15) is 4.88 Å². The number of thiophene rings is 1. The number of amides is 1. The molecule has 0 bridgehead atoms. The molecule has 112 valence electrons. The zero-order valence-corrected chi connectivity index (χ0v) is 12.9. The van der Waals surface area contributed by atoms with Crippen molar-refractivity contribution in [3.05, 3.63) is 20.8 Å². The number of nitrogens with one attached hydrogen (secondary N) is 1. The summed E-state index contributed by atoms with van der Waals surface area (Å²) in [7, 11) is 0. The topological polar surface area (TPSA) is 32.3 Å². The molecule has 1 amide bonds. The Balaban J connectivity index is 1.76. The molecule has 1 fully saturated rings. The normalized spacial score (nSPS) is 20.3. The molecule has 1 aliphatic rings. The van der Waals surface area contributed by atoms with Gasteiger partial charge in [0.15, 0.2) is 0 Å². The SMILES string of the molecule is O=C(NCC1CCN(CC(F)(F)F)C1)c1sccc1Br. The number of carbonyl (C=O) groups excluding carboxylic acids is 1. The molecule has 20 heavy (non-hydrogen) atoms. The van der Waals surface area contributed by atoms with Gasteiger partial charge in [0.25, 0.3) is 5.91 Å². The lowest BCUT2D eigenvalue weighted by molar-refractivity contribution is -0.143. The molecule has 1 aromatic heterocycles. The third-order valence-corrected chi connectivity index (χ3v) is 4.98. The number of hydrogen-bond donors (Lipinski definition) is 1. The number of alkyl halides is 3. The average Bonchev–Trinajstić information content (AvgIpc) is 2.93. The molecule has 2 rings (SSSR count). The fourth-order valence-electron chi connectivity index (χ4n) is 2.25. The van der Waals surface area contributed by atoms with E-state index >= 15 is 0 Å². The van der Waals surface area contributed by atoms with E-state index in [4.69, 9.17) is 0 Å². The zero-order valence-electron chi connectivity index (χ0n) is 10.5. The summed E-state index contributed by atoms with van der Waals surface area (Å²) in [5.74, 6) is -0.0961. The van der Waals surface area contributed by atoms with Crippen LogP contribution in [0.15, 0.2) is 15.9 Å². The predicted molar refractivity (Wildman–Crippen MR) is 75.0 cm³/mol. The quantitative estimate of drug-likeness (QED) is 0.882. The van der Waals surface area contributed by atoms with Crippen molar-refractivity contribution in [3.63, 3.8) is 0 Å². The lowest BCUT2D eigenvalue weighted by atomic mass is 10.1. The fraction of sp³-hybridized carbons (Fsp3) is 0.583. The minimum atomic E-state index is -4.15. The number of halogens is 4. The molecule has 8 heteroatoms. The van der Waals surface area contributed by atoms with Crippen LogP contribution in [-0.2, 0) is 0 Å². The molecule has 1 unspecified atom stereocenters. The van der Waals surface area contributed by atoms with Crippen molar-refractivity contribution in [2.75, 3.05) is 26.2 Å². The Bertz CT molecular complexity index is 478. The van der Waals surface area contributed by atoms with Crippen LogP contribution in [0.5, 0.6) is 0 Å². The van der Waals surface area contributed by atoms with Gasteiger partial charge in [-0.25, -0.2) is 0 Å². The lowest BCUT2D eigenvalue weighted by Crippen LogP contribution is -2.34. The first-order valence-electron chi connectivity index (χ1n) is 6.15. The first-order valence-corrected chi connectivity index (χ1v) is 7.83. The van der Waals surface area contributed by atoms with Crippen LogP contribution in [0.25, 0.3) is 0 Å². The number of carbonyl (C=O) groups is 1. The summed E-state index contributed by atoms with van der Waals surface area (Å²) in [4.78, 5) is 13.8. The van der Waals surface area contributed by atoms with Crippen LogP contribution in [0, 0.1) is 5.92 Å². The Kier molecular flexibility index (Phi) is 5.09. The van der Waals surface area contributed by atoms with Crippen molar-refractivity contribution in [3.8, 4) is 0 Å². The summed E-state index contributed by atoms with van der Waals surface area (Å²) >= 11 is 4.61. The van der Waals surface area contributed by atoms with Gasteiger partial charge in [0.05, 0.1) is 6.54 Å². The molecule has 1 aliphatic heterocycles. The predicted octanol–water partition coefficient (Wildman–Crippen LogP) is 3.12. The molecule has 1 aromatic rings. The second kappa shape index (κ2) is 6.44. The average molecular weight is 371 g/mol. The molecule has 2 heterocycles. The minimum absolute atomic E-state index is 0.0834. The van der Waals surface area contributed by atoms with Crippen LogP contribution in [0.2, 0.25) is 0 Å². The molecular weight excluding hydrogens is 357 g/mol. The van der Waals surface area contributed by atoms with E-state index < -0.39 is 12.7 Å². The van der Waals surface area contributed by atoms with Crippen LogP contribution >= 0.6 is 27.3 Å². The first-order chi connectivity index (χ1) is 9.35. The monoisotopic (exact) mass is 370 g/mol. The maximum atomic E-state index is 12.3. The second-order valence-corrected chi connectivity index (χ2v) is 6.58. The Morgan fingerprint density at radius 1 is 1.55 bits per heavy atom. The van der Waals surface area contributed by atoms with Gasteiger partial charge in [0, 0.05) is 17.6 Å². The maximum Gasteiger partial charge on any atom is 0.401 e. The number of nitrogens with zero attached hydrogens (tertiary/aromatic N) is 1. The standard InChI is InChI=1S/C12H14BrF3N2OS/c13-9-2-4-20-10(9)11(19)17-5-8-1-3-18(6-8)7-12(14,15)16/h2,4,8H,1,3,5-7H2,(H,17,19). The summed E-state index contributed by atoms with van der Waals surface area (Å²) in [5, 5.41) is 4.59. The molecule has 0 radical (unpaired) electrons. The second-order valence-electron chi connectivity index (χ2n) is 4.81. The van der Waals surface area contributed by atoms with Gasteiger partial charge in [-0.15, -0.1) is 11.3 Å². The van der Waals surface area contributed by atoms with Crippen molar-refractivity contribution in [1.29, 1.82) is 0 Å². The Morgan fingerprint density at radius 3 is 2.90 bits per heavy atom. The molecular formula is C12H14BrF3N2OS. The van der Waals surface area contributed by atoms with Crippen LogP contribution in [0.1, 0.15) is 16.1 Å². The summed E-state index contributed by atoms with van der Waals surface area (Å²) in [6.45, 7) is 0.361. The Morgan fingerprint density at radius 2 is 2.30 bits per heavy atom. The zero-order chi connectivity index (χ0) is 14.8. The highest BCUT2D eigenvalue weighted by atomic mass is 79.9. The molecule has 3 nitrogen and oxygen atoms in total. The van der Waals surface area contributed by atoms with Gasteiger partial charge in [-0.1, -0.05) is 0 Å². The lowest BCUT2D eigenvalue weighted by Gasteiger charge is -2.17. The van der Waals surface area contributed by atoms with Crippen molar-refractivity contribution < 1.29 is 18.0 Å². The summed E-state index contributed by atoms with van der Waals surface area (Å²) < 4.78 is 37.5. The van der Waals surface area contributed by atoms with Gasteiger partial charge in [-0.3, -0.25) is 9.69 Å². The van der Waals surface area contributed by atoms with E-state index in [2.05, 4.69) is 21.2 Å². The maximum absolute atomic E-state index is 12.3. The van der Waals surface area contributed by atoms with Crippen LogP contribution in [-0.4, -0.2) is 43.2 Å². The molecule has 1 saturated heterocycles. The molecule has 0 spiro atoms. The highest BCUT2D eigenvalue weighted by Gasteiger charge is 2.34. The minimum Gasteiger partial charge on any atom is -0.351 e. The Hall–Kier alpha value is -0.600. The molecule has 1 N–H and O–H groups in total. The van der Waals surface area contributed by atoms with Crippen molar-refractivity contribution >= 4 is 33.2 Å². The Labute approximate surface area is 127 Å². The fourth-order valence-corrected chi connectivity index (χ4v) is 3.72. The van der Waals surface area contributed by atoms with E-state index in [1.165, 1.54) is 16.2 Å². The third kappa shape index (κ3) is 4.46. The van der Waals surface area contributed by atoms with E-state index in [-0.39, 0.29) is 11.8 Å². The molecule has 0 aromatic carbocycles. The van der Waals surface area contributed by atoms with E-state index in [9.17, 15) is 18.0 Å². The van der Waals surface area contributed by atoms with E-state index in [0.29, 0.717) is 30.9 Å². The summed E-state index contributed by atoms with van der Waals surface area (Å²) in [6, 6.07) is 1.79. The van der Waals surface area contributed by atoms with Crippen molar-refractivity contribution in [2.24, 2.45) is 5.92 Å². The molecule has 1 atom stereocenters. The highest BCUT2D eigenvalue weighted by molar-refractivity contribution is 9.10. The van der Waals surface area contributed by atoms with Gasteiger partial charge < -0.3 is 5.32 Å². The highest BCUT2D eigenvalue weighted by Crippen LogP contribution is 2.24. The van der Waals surface area contributed by atoms with Gasteiger partial charge in [0.2, 0.25) is 0 Å². The van der Waals surface area contributed by atoms with E-state index in [1.54, 1.807) is 11.4 Å². The van der Waals surface area contributed by atoms with E-state index in [1.807, 2.05) is 0 Å². The summed E-state index contributed by atoms with van der Waals surface area (Å²) in [5.41, 5.74) is 0. The smallest absolute Gasteiger partial charge is 0.351 e.